The van der Waals surface area contributed by atoms with E-state index in [-0.39, 0.29) is 35.3 Å². The number of hydrogen-bond donors (Lipinski definition) is 0. The van der Waals surface area contributed by atoms with Crippen LogP contribution < -0.4 is 0 Å². The first-order valence-corrected chi connectivity index (χ1v) is 26.5. The Morgan fingerprint density at radius 1 is 0.190 bits per heavy atom. The van der Waals surface area contributed by atoms with Crippen molar-refractivity contribution in [2.75, 3.05) is 0 Å². The van der Waals surface area contributed by atoms with Crippen molar-refractivity contribution in [3.05, 3.63) is 0 Å². The molecule has 0 amide bonds. The van der Waals surface area contributed by atoms with E-state index < -0.39 is 65.0 Å². The summed E-state index contributed by atoms with van der Waals surface area (Å²) in [7, 11) is -15.9. The van der Waals surface area contributed by atoms with Gasteiger partial charge < -0.3 is 28.8 Å². The van der Waals surface area contributed by atoms with E-state index in [4.69, 9.17) is 28.8 Å². The fourth-order valence-electron chi connectivity index (χ4n) is 3.87. The maximum Gasteiger partial charge on any atom is 0.309 e. The molecule has 0 atom stereocenters. The topological polar surface area (TPSA) is 64.6 Å². The molecule has 0 aromatic carbocycles. The molecule has 0 aliphatic carbocycles. The SMILES string of the molecule is CC(C)(C)[SiH]1O[SiH](C(C)(C)C)O[SiH](C(C)(C)C)O[SiH](C(C)(C)C)O[SiH](C(C)(C)C)O[SiH](C(C)(C)C)O[SiH](C(C)(C)C)O1. The second-order valence-electron chi connectivity index (χ2n) is 19.8. The standard InChI is InChI=1S/C28H70O7Si7/c1-22(2,3)36-29-37(23(4,5)6)31-39(25(10,11)12)33-41(27(16,17)18)35-42(28(19,20)21)34-40(26(13,14)15)32-38(30-36)24(7,8)9/h36-42H,1-21H3. The van der Waals surface area contributed by atoms with Crippen molar-refractivity contribution < 1.29 is 28.8 Å². The van der Waals surface area contributed by atoms with Gasteiger partial charge in [-0.3, -0.25) is 0 Å². The average Bonchev–Trinajstić information content (AvgIpc) is 2.67. The highest BCUT2D eigenvalue weighted by Gasteiger charge is 2.50. The molecule has 0 radical (unpaired) electrons. The quantitative estimate of drug-likeness (QED) is 0.245. The first-order valence-electron chi connectivity index (χ1n) is 15.8. The van der Waals surface area contributed by atoms with E-state index >= 15 is 0 Å². The van der Waals surface area contributed by atoms with Gasteiger partial charge in [-0.25, -0.2) is 0 Å². The average molecular weight is 715 g/mol. The molecule has 1 aliphatic heterocycles. The Morgan fingerprint density at radius 2 is 0.262 bits per heavy atom. The summed E-state index contributed by atoms with van der Waals surface area (Å²) in [4.78, 5) is 0. The first kappa shape index (κ1) is 41.3. The second kappa shape index (κ2) is 14.2. The summed E-state index contributed by atoms with van der Waals surface area (Å²) in [5.41, 5.74) is 0. The highest BCUT2D eigenvalue weighted by atomic mass is 28.5. The van der Waals surface area contributed by atoms with Gasteiger partial charge in [-0.05, 0) is 0 Å². The van der Waals surface area contributed by atoms with Crippen molar-refractivity contribution in [1.29, 1.82) is 0 Å². The van der Waals surface area contributed by atoms with Gasteiger partial charge in [0.05, 0.1) is 0 Å². The minimum Gasteiger partial charge on any atom is -0.419 e. The molecular weight excluding hydrogens is 645 g/mol. The molecule has 0 aromatic rings. The minimum atomic E-state index is -2.28. The van der Waals surface area contributed by atoms with Gasteiger partial charge in [-0.15, -0.1) is 0 Å². The van der Waals surface area contributed by atoms with Crippen molar-refractivity contribution in [2.45, 2.75) is 181 Å². The van der Waals surface area contributed by atoms with E-state index in [1.807, 2.05) is 0 Å². The van der Waals surface area contributed by atoms with Crippen LogP contribution in [0.3, 0.4) is 0 Å². The molecule has 1 aliphatic rings. The maximum atomic E-state index is 7.19. The van der Waals surface area contributed by atoms with Crippen molar-refractivity contribution >= 4 is 65.0 Å². The van der Waals surface area contributed by atoms with E-state index in [2.05, 4.69) is 145 Å². The van der Waals surface area contributed by atoms with E-state index in [0.717, 1.165) is 0 Å². The molecule has 0 N–H and O–H groups in total. The van der Waals surface area contributed by atoms with Crippen LogP contribution >= 0.6 is 0 Å². The Balaban J connectivity index is 3.98. The third-order valence-electron chi connectivity index (χ3n) is 6.68. The summed E-state index contributed by atoms with van der Waals surface area (Å²) >= 11 is 0. The summed E-state index contributed by atoms with van der Waals surface area (Å²) in [5.74, 6) is 0. The lowest BCUT2D eigenvalue weighted by molar-refractivity contribution is 0.228. The molecule has 1 saturated heterocycles. The molecule has 42 heavy (non-hydrogen) atoms. The van der Waals surface area contributed by atoms with E-state index in [1.54, 1.807) is 0 Å². The molecule has 7 nitrogen and oxygen atoms in total. The molecule has 0 bridgehead atoms. The number of rotatable bonds is 0. The lowest BCUT2D eigenvalue weighted by atomic mass is 10.3. The highest BCUT2D eigenvalue weighted by Crippen LogP contribution is 2.44. The zero-order valence-electron chi connectivity index (χ0n) is 31.4. The zero-order valence-corrected chi connectivity index (χ0v) is 39.5. The van der Waals surface area contributed by atoms with E-state index in [0.29, 0.717) is 0 Å². The largest absolute Gasteiger partial charge is 0.419 e. The summed E-state index contributed by atoms with van der Waals surface area (Å²) in [6.45, 7) is 47.2. The van der Waals surface area contributed by atoms with Crippen LogP contribution in [0.25, 0.3) is 0 Å². The zero-order chi connectivity index (χ0) is 33.5. The van der Waals surface area contributed by atoms with Crippen LogP contribution in [0.2, 0.25) is 35.3 Å². The van der Waals surface area contributed by atoms with Crippen molar-refractivity contribution in [2.24, 2.45) is 0 Å². The van der Waals surface area contributed by atoms with Crippen LogP contribution in [-0.4, -0.2) is 65.0 Å². The van der Waals surface area contributed by atoms with Crippen LogP contribution in [0.4, 0.5) is 0 Å². The lowest BCUT2D eigenvalue weighted by Crippen LogP contribution is -2.57. The van der Waals surface area contributed by atoms with Crippen molar-refractivity contribution in [3.8, 4) is 0 Å². The van der Waals surface area contributed by atoms with Gasteiger partial charge in [-0.1, -0.05) is 145 Å². The summed E-state index contributed by atoms with van der Waals surface area (Å²) in [6, 6.07) is 0. The molecule has 0 saturated carbocycles. The molecule has 0 spiro atoms. The second-order valence-corrected chi connectivity index (χ2v) is 44.2. The van der Waals surface area contributed by atoms with Crippen LogP contribution in [0.5, 0.6) is 0 Å². The number of hydrogen-bond acceptors (Lipinski definition) is 7. The molecule has 1 fully saturated rings. The summed E-state index contributed by atoms with van der Waals surface area (Å²) in [6.07, 6.45) is 0. The fourth-order valence-corrected chi connectivity index (χ4v) is 38.9. The monoisotopic (exact) mass is 714 g/mol. The van der Waals surface area contributed by atoms with Crippen LogP contribution in [0.15, 0.2) is 0 Å². The predicted molar refractivity (Wildman–Crippen MR) is 196 cm³/mol. The Labute approximate surface area is 273 Å². The van der Waals surface area contributed by atoms with E-state index in [9.17, 15) is 0 Å². The lowest BCUT2D eigenvalue weighted by Gasteiger charge is -2.46. The van der Waals surface area contributed by atoms with Crippen LogP contribution in [0, 0.1) is 0 Å². The predicted octanol–water partition coefficient (Wildman–Crippen LogP) is 7.26. The Morgan fingerprint density at radius 3 is 0.310 bits per heavy atom. The van der Waals surface area contributed by atoms with Crippen LogP contribution in [0.1, 0.15) is 145 Å². The molecule has 252 valence electrons. The summed E-state index contributed by atoms with van der Waals surface area (Å²) in [5, 5.41) is -0.940. The molecule has 14 heteroatoms. The molecular formula is C28H70O7Si7. The first-order chi connectivity index (χ1) is 18.2. The molecule has 1 heterocycles. The fraction of sp³-hybridized carbons (Fsp3) is 1.00. The van der Waals surface area contributed by atoms with Gasteiger partial charge in [0.1, 0.15) is 0 Å². The molecule has 1 rings (SSSR count). The van der Waals surface area contributed by atoms with Gasteiger partial charge in [-0.2, -0.15) is 0 Å². The van der Waals surface area contributed by atoms with E-state index in [1.165, 1.54) is 0 Å². The van der Waals surface area contributed by atoms with Crippen molar-refractivity contribution in [3.63, 3.8) is 0 Å². The Bertz CT molecular complexity index is 634. The third kappa shape index (κ3) is 13.2. The van der Waals surface area contributed by atoms with Gasteiger partial charge in [0.2, 0.25) is 0 Å². The van der Waals surface area contributed by atoms with Gasteiger partial charge in [0.25, 0.3) is 0 Å². The maximum absolute atomic E-state index is 7.19. The normalized spacial score (nSPS) is 31.5. The molecule has 0 aromatic heterocycles. The Kier molecular flexibility index (Phi) is 13.9. The Hall–Kier alpha value is 1.24. The minimum absolute atomic E-state index is 0.134. The molecule has 0 unspecified atom stereocenters. The smallest absolute Gasteiger partial charge is 0.309 e. The van der Waals surface area contributed by atoms with Gasteiger partial charge in [0, 0.05) is 35.3 Å². The van der Waals surface area contributed by atoms with Gasteiger partial charge >= 0.3 is 65.0 Å². The third-order valence-corrected chi connectivity index (χ3v) is 30.4. The highest BCUT2D eigenvalue weighted by molar-refractivity contribution is 6.77. The van der Waals surface area contributed by atoms with Gasteiger partial charge in [0.15, 0.2) is 0 Å². The van der Waals surface area contributed by atoms with Crippen LogP contribution in [-0.2, 0) is 28.8 Å². The summed E-state index contributed by atoms with van der Waals surface area (Å²) < 4.78 is 50.4. The van der Waals surface area contributed by atoms with Crippen molar-refractivity contribution in [1.82, 2.24) is 0 Å².